The first-order valence-corrected chi connectivity index (χ1v) is 5.31. The summed E-state index contributed by atoms with van der Waals surface area (Å²) in [6, 6.07) is 1.13. The molecule has 0 aliphatic heterocycles. The van der Waals surface area contributed by atoms with Crippen LogP contribution >= 0.6 is 23.8 Å². The molecule has 0 amide bonds. The summed E-state index contributed by atoms with van der Waals surface area (Å²) in [4.78, 5) is 7.73. The number of oxazole rings is 1. The Bertz CT molecular complexity index is 604. The predicted octanol–water partition coefficient (Wildman–Crippen LogP) is 3.92. The largest absolute Gasteiger partial charge is 0.439 e. The minimum absolute atomic E-state index is 0.0119. The fourth-order valence-corrected chi connectivity index (χ4v) is 1.66. The lowest BCUT2D eigenvalue weighted by Crippen LogP contribution is -1.80. The second-order valence-corrected chi connectivity index (χ2v) is 3.62. The maximum absolute atomic E-state index is 13.5. The summed E-state index contributed by atoms with van der Waals surface area (Å²) in [6.07, 6.45) is 0.591. The zero-order valence-corrected chi connectivity index (χ0v) is 9.82. The Labute approximate surface area is 101 Å². The van der Waals surface area contributed by atoms with Crippen molar-refractivity contribution in [1.82, 2.24) is 4.98 Å². The van der Waals surface area contributed by atoms with E-state index >= 15 is 0 Å². The Morgan fingerprint density at radius 1 is 1.69 bits per heavy atom. The third-order valence-corrected chi connectivity index (χ3v) is 2.42. The Hall–Kier alpha value is -1.29. The van der Waals surface area contributed by atoms with E-state index < -0.39 is 5.82 Å². The van der Waals surface area contributed by atoms with Crippen molar-refractivity contribution < 1.29 is 8.81 Å². The molecule has 82 valence electrons. The number of thiocarbonyl (C=S) groups is 1. The van der Waals surface area contributed by atoms with Crippen molar-refractivity contribution in [3.05, 3.63) is 22.8 Å². The van der Waals surface area contributed by atoms with Gasteiger partial charge in [0.25, 0.3) is 0 Å². The molecule has 0 fully saturated rings. The summed E-state index contributed by atoms with van der Waals surface area (Å²) in [7, 11) is 0. The topological polar surface area (TPSA) is 38.4 Å². The lowest BCUT2D eigenvalue weighted by molar-refractivity contribution is 0.537. The molecule has 0 aliphatic rings. The van der Waals surface area contributed by atoms with E-state index in [2.05, 4.69) is 27.4 Å². The molecule has 2 aromatic rings. The Kier molecular flexibility index (Phi) is 3.01. The maximum Gasteiger partial charge on any atom is 0.195 e. The monoisotopic (exact) mass is 256 g/mol. The first-order valence-electron chi connectivity index (χ1n) is 4.52. The van der Waals surface area contributed by atoms with Crippen molar-refractivity contribution >= 4 is 45.8 Å². The van der Waals surface area contributed by atoms with Gasteiger partial charge in [-0.3, -0.25) is 0 Å². The van der Waals surface area contributed by atoms with Gasteiger partial charge in [-0.15, -0.1) is 0 Å². The van der Waals surface area contributed by atoms with Gasteiger partial charge in [-0.05, 0) is 18.3 Å². The number of hydrogen-bond donors (Lipinski definition) is 0. The zero-order chi connectivity index (χ0) is 11.7. The first kappa shape index (κ1) is 11.2. The Morgan fingerprint density at radius 2 is 2.44 bits per heavy atom. The summed E-state index contributed by atoms with van der Waals surface area (Å²) >= 11 is 10.3. The molecule has 0 saturated heterocycles. The van der Waals surface area contributed by atoms with Crippen LogP contribution < -0.4 is 0 Å². The van der Waals surface area contributed by atoms with Crippen LogP contribution in [0, 0.1) is 5.82 Å². The number of halogens is 2. The lowest BCUT2D eigenvalue weighted by atomic mass is 10.2. The van der Waals surface area contributed by atoms with Crippen LogP contribution in [0.25, 0.3) is 11.1 Å². The molecule has 3 nitrogen and oxygen atoms in total. The number of fused-ring (bicyclic) bond motifs is 1. The van der Waals surface area contributed by atoms with Crippen LogP contribution in [-0.2, 0) is 6.42 Å². The second-order valence-electron chi connectivity index (χ2n) is 3.03. The average Bonchev–Trinajstić information content (AvgIpc) is 2.68. The highest BCUT2D eigenvalue weighted by Gasteiger charge is 2.16. The summed E-state index contributed by atoms with van der Waals surface area (Å²) in [5, 5.41) is 2.28. The molecule has 0 spiro atoms. The molecule has 0 N–H and O–H groups in total. The molecule has 16 heavy (non-hydrogen) atoms. The van der Waals surface area contributed by atoms with Crippen LogP contribution in [-0.4, -0.2) is 10.1 Å². The summed E-state index contributed by atoms with van der Waals surface area (Å²) < 4.78 is 18.9. The highest BCUT2D eigenvalue weighted by atomic mass is 35.5. The van der Waals surface area contributed by atoms with Crippen molar-refractivity contribution in [2.45, 2.75) is 13.3 Å². The zero-order valence-electron chi connectivity index (χ0n) is 8.25. The van der Waals surface area contributed by atoms with Crippen LogP contribution in [0.3, 0.4) is 0 Å². The van der Waals surface area contributed by atoms with Gasteiger partial charge in [0.05, 0.1) is 10.2 Å². The normalized spacial score (nSPS) is 10.4. The molecule has 1 aromatic carbocycles. The minimum Gasteiger partial charge on any atom is -0.439 e. The average molecular weight is 257 g/mol. The first-order chi connectivity index (χ1) is 7.67. The van der Waals surface area contributed by atoms with Gasteiger partial charge in [-0.25, -0.2) is 9.37 Å². The number of nitrogens with zero attached hydrogens (tertiary/aromatic N) is 2. The second kappa shape index (κ2) is 4.29. The summed E-state index contributed by atoms with van der Waals surface area (Å²) in [6.45, 7) is 1.87. The quantitative estimate of drug-likeness (QED) is 0.604. The highest BCUT2D eigenvalue weighted by molar-refractivity contribution is 7.78. The van der Waals surface area contributed by atoms with Gasteiger partial charge in [0, 0.05) is 6.42 Å². The molecular weight excluding hydrogens is 251 g/mol. The molecule has 0 radical (unpaired) electrons. The summed E-state index contributed by atoms with van der Waals surface area (Å²) in [5.74, 6) is -0.117. The van der Waals surface area contributed by atoms with E-state index in [1.54, 1.807) is 0 Å². The van der Waals surface area contributed by atoms with Gasteiger partial charge in [-0.1, -0.05) is 18.5 Å². The number of aryl methyl sites for hydroxylation is 1. The van der Waals surface area contributed by atoms with Gasteiger partial charge in [-0.2, -0.15) is 4.99 Å². The molecule has 1 heterocycles. The number of aliphatic imine (C=N–C) groups is 1. The van der Waals surface area contributed by atoms with E-state index in [1.807, 2.05) is 6.92 Å². The minimum atomic E-state index is -0.592. The van der Waals surface area contributed by atoms with E-state index in [0.29, 0.717) is 17.9 Å². The fraction of sp³-hybridized carbons (Fsp3) is 0.200. The Balaban J connectivity index is 2.87. The van der Waals surface area contributed by atoms with E-state index in [-0.39, 0.29) is 16.2 Å². The molecular formula is C10H6ClFN2OS. The van der Waals surface area contributed by atoms with Crippen LogP contribution in [0.15, 0.2) is 15.5 Å². The van der Waals surface area contributed by atoms with Gasteiger partial charge in [0.15, 0.2) is 17.3 Å². The predicted molar refractivity (Wildman–Crippen MR) is 63.0 cm³/mol. The van der Waals surface area contributed by atoms with Gasteiger partial charge in [0.1, 0.15) is 11.2 Å². The maximum atomic E-state index is 13.5. The van der Waals surface area contributed by atoms with Crippen LogP contribution in [0.5, 0.6) is 0 Å². The summed E-state index contributed by atoms with van der Waals surface area (Å²) in [5.41, 5.74) is 0.612. The molecule has 6 heteroatoms. The van der Waals surface area contributed by atoms with Crippen molar-refractivity contribution in [3.63, 3.8) is 0 Å². The number of aromatic nitrogens is 1. The molecule has 1 aromatic heterocycles. The third kappa shape index (κ3) is 1.73. The van der Waals surface area contributed by atoms with Gasteiger partial charge >= 0.3 is 0 Å². The fourth-order valence-electron chi connectivity index (χ4n) is 1.35. The number of isothiocyanates is 1. The smallest absolute Gasteiger partial charge is 0.195 e. The highest BCUT2D eigenvalue weighted by Crippen LogP contribution is 2.34. The molecule has 0 unspecified atom stereocenters. The van der Waals surface area contributed by atoms with Crippen molar-refractivity contribution in [2.75, 3.05) is 0 Å². The van der Waals surface area contributed by atoms with Crippen molar-refractivity contribution in [2.24, 2.45) is 4.99 Å². The van der Waals surface area contributed by atoms with E-state index in [0.717, 1.165) is 6.07 Å². The van der Waals surface area contributed by atoms with Gasteiger partial charge < -0.3 is 4.42 Å². The van der Waals surface area contributed by atoms with Crippen LogP contribution in [0.1, 0.15) is 12.8 Å². The Morgan fingerprint density at radius 3 is 3.06 bits per heavy atom. The lowest BCUT2D eigenvalue weighted by Gasteiger charge is -1.96. The molecule has 0 aliphatic carbocycles. The van der Waals surface area contributed by atoms with Crippen LogP contribution in [0.2, 0.25) is 5.02 Å². The third-order valence-electron chi connectivity index (χ3n) is 2.05. The number of rotatable bonds is 2. The number of benzene rings is 1. The van der Waals surface area contributed by atoms with E-state index in [4.69, 9.17) is 16.0 Å². The SMILES string of the molecule is CCc1nc2c(N=C=S)c(F)cc(Cl)c2o1. The molecule has 0 saturated carbocycles. The van der Waals surface area contributed by atoms with E-state index in [9.17, 15) is 4.39 Å². The standard InChI is InChI=1S/C10H6ClFN2OS/c1-2-7-14-9-8(13-4-16)6(12)3-5(11)10(9)15-7/h3H,2H2,1H3. The number of hydrogen-bond acceptors (Lipinski definition) is 4. The molecule has 0 atom stereocenters. The van der Waals surface area contributed by atoms with Crippen LogP contribution in [0.4, 0.5) is 10.1 Å². The van der Waals surface area contributed by atoms with Crippen molar-refractivity contribution in [1.29, 1.82) is 0 Å². The van der Waals surface area contributed by atoms with Crippen molar-refractivity contribution in [3.8, 4) is 0 Å². The molecule has 2 rings (SSSR count). The van der Waals surface area contributed by atoms with Gasteiger partial charge in [0.2, 0.25) is 0 Å². The van der Waals surface area contributed by atoms with E-state index in [1.165, 1.54) is 0 Å². The molecule has 0 bridgehead atoms.